The van der Waals surface area contributed by atoms with Gasteiger partial charge in [-0.3, -0.25) is 4.79 Å². The van der Waals surface area contributed by atoms with Crippen LogP contribution in [0, 0.1) is 0 Å². The summed E-state index contributed by atoms with van der Waals surface area (Å²) in [5, 5.41) is 8.74. The number of rotatable bonds is 4. The van der Waals surface area contributed by atoms with E-state index in [0.29, 0.717) is 0 Å². The second-order valence-electron chi connectivity index (χ2n) is 3.70. The minimum absolute atomic E-state index is 0.100. The number of carboxylic acids is 1. The van der Waals surface area contributed by atoms with Crippen molar-refractivity contribution in [3.8, 4) is 0 Å². The Hall–Kier alpha value is -1.27. The molecule has 16 heavy (non-hydrogen) atoms. The summed E-state index contributed by atoms with van der Waals surface area (Å²) < 4.78 is 35.6. The fourth-order valence-electron chi connectivity index (χ4n) is 1.72. The van der Waals surface area contributed by atoms with Crippen LogP contribution in [-0.2, 0) is 9.59 Å². The van der Waals surface area contributed by atoms with E-state index in [-0.39, 0.29) is 31.7 Å². The molecule has 0 aromatic carbocycles. The first-order valence-electron chi connectivity index (χ1n) is 4.90. The third-order valence-electron chi connectivity index (χ3n) is 2.47. The minimum atomic E-state index is -4.26. The van der Waals surface area contributed by atoms with E-state index in [1.54, 1.807) is 0 Å². The summed E-state index contributed by atoms with van der Waals surface area (Å²) in [6.07, 6.45) is -5.23. The molecule has 0 saturated carbocycles. The van der Waals surface area contributed by atoms with E-state index in [2.05, 4.69) is 0 Å². The molecular formula is C9H12F3NO3. The molecule has 1 aliphatic heterocycles. The van der Waals surface area contributed by atoms with Crippen molar-refractivity contribution in [2.24, 2.45) is 0 Å². The van der Waals surface area contributed by atoms with Crippen molar-refractivity contribution in [2.75, 3.05) is 6.54 Å². The summed E-state index contributed by atoms with van der Waals surface area (Å²) in [4.78, 5) is 22.9. The average molecular weight is 239 g/mol. The smallest absolute Gasteiger partial charge is 0.389 e. The Morgan fingerprint density at radius 1 is 1.50 bits per heavy atom. The first-order chi connectivity index (χ1) is 7.31. The highest BCUT2D eigenvalue weighted by molar-refractivity contribution is 5.87. The zero-order chi connectivity index (χ0) is 12.3. The fraction of sp³-hybridized carbons (Fsp3) is 0.778. The highest BCUT2D eigenvalue weighted by atomic mass is 19.4. The van der Waals surface area contributed by atoms with Crippen molar-refractivity contribution in [3.05, 3.63) is 0 Å². The summed E-state index contributed by atoms with van der Waals surface area (Å²) in [6.45, 7) is -0.144. The normalized spacial score (nSPS) is 21.6. The van der Waals surface area contributed by atoms with Crippen LogP contribution in [0.2, 0.25) is 0 Å². The van der Waals surface area contributed by atoms with Crippen molar-refractivity contribution in [1.82, 2.24) is 4.90 Å². The molecule has 0 radical (unpaired) electrons. The predicted molar refractivity (Wildman–Crippen MR) is 47.7 cm³/mol. The van der Waals surface area contributed by atoms with Gasteiger partial charge in [0.15, 0.2) is 0 Å². The van der Waals surface area contributed by atoms with E-state index >= 15 is 0 Å². The topological polar surface area (TPSA) is 57.6 Å². The second-order valence-corrected chi connectivity index (χ2v) is 3.70. The number of amides is 1. The molecule has 0 aromatic rings. The minimum Gasteiger partial charge on any atom is -0.480 e. The number of alkyl halides is 3. The van der Waals surface area contributed by atoms with Gasteiger partial charge in [0.2, 0.25) is 5.91 Å². The van der Waals surface area contributed by atoms with Gasteiger partial charge >= 0.3 is 12.1 Å². The van der Waals surface area contributed by atoms with E-state index in [1.165, 1.54) is 0 Å². The third-order valence-corrected chi connectivity index (χ3v) is 2.47. The van der Waals surface area contributed by atoms with Crippen LogP contribution in [0.1, 0.15) is 25.7 Å². The van der Waals surface area contributed by atoms with Crippen LogP contribution in [0.5, 0.6) is 0 Å². The van der Waals surface area contributed by atoms with Crippen LogP contribution in [0.3, 0.4) is 0 Å². The maximum absolute atomic E-state index is 11.9. The van der Waals surface area contributed by atoms with Gasteiger partial charge in [0.05, 0.1) is 0 Å². The Kier molecular flexibility index (Phi) is 3.77. The van der Waals surface area contributed by atoms with Gasteiger partial charge in [-0.25, -0.2) is 4.79 Å². The number of nitrogens with zero attached hydrogens (tertiary/aromatic N) is 1. The number of likely N-dealkylation sites (tertiary alicyclic amines) is 1. The van der Waals surface area contributed by atoms with Gasteiger partial charge in [0.1, 0.15) is 6.04 Å². The van der Waals surface area contributed by atoms with Crippen molar-refractivity contribution < 1.29 is 27.9 Å². The fourth-order valence-corrected chi connectivity index (χ4v) is 1.72. The molecule has 1 unspecified atom stereocenters. The van der Waals surface area contributed by atoms with E-state index in [0.717, 1.165) is 4.90 Å². The molecule has 0 aliphatic carbocycles. The van der Waals surface area contributed by atoms with Crippen LogP contribution in [0.4, 0.5) is 13.2 Å². The van der Waals surface area contributed by atoms with E-state index < -0.39 is 24.6 Å². The predicted octanol–water partition coefficient (Wildman–Crippen LogP) is 1.40. The lowest BCUT2D eigenvalue weighted by Crippen LogP contribution is -2.39. The molecule has 0 aromatic heterocycles. The van der Waals surface area contributed by atoms with Gasteiger partial charge in [-0.1, -0.05) is 0 Å². The molecule has 92 valence electrons. The molecule has 1 amide bonds. The maximum Gasteiger partial charge on any atom is 0.389 e. The lowest BCUT2D eigenvalue weighted by atomic mass is 10.2. The number of halogens is 3. The van der Waals surface area contributed by atoms with Crippen molar-refractivity contribution >= 4 is 11.9 Å². The molecule has 1 aliphatic rings. The number of hydrogen-bond acceptors (Lipinski definition) is 2. The molecule has 4 nitrogen and oxygen atoms in total. The van der Waals surface area contributed by atoms with Crippen LogP contribution < -0.4 is 0 Å². The van der Waals surface area contributed by atoms with Crippen molar-refractivity contribution in [3.63, 3.8) is 0 Å². The number of hydrogen-bond donors (Lipinski definition) is 1. The number of aliphatic carboxylic acids is 1. The summed E-state index contributed by atoms with van der Waals surface area (Å²) >= 11 is 0. The molecule has 7 heteroatoms. The lowest BCUT2D eigenvalue weighted by molar-refractivity contribution is -0.148. The Labute approximate surface area is 90.0 Å². The highest BCUT2D eigenvalue weighted by Crippen LogP contribution is 2.24. The highest BCUT2D eigenvalue weighted by Gasteiger charge is 2.36. The molecule has 0 spiro atoms. The number of carbonyl (C=O) groups is 2. The SMILES string of the molecule is O=C(O)C1CCC(=O)N1CCCC(F)(F)F. The van der Waals surface area contributed by atoms with Crippen molar-refractivity contribution in [2.45, 2.75) is 37.9 Å². The Morgan fingerprint density at radius 3 is 2.62 bits per heavy atom. The van der Waals surface area contributed by atoms with E-state index in [4.69, 9.17) is 5.11 Å². The standard InChI is InChI=1S/C9H12F3NO3/c10-9(11,12)4-1-5-13-6(8(15)16)2-3-7(13)14/h6H,1-5H2,(H,15,16). The Morgan fingerprint density at radius 2 is 2.12 bits per heavy atom. The summed E-state index contributed by atoms with van der Waals surface area (Å²) in [6, 6.07) is -0.958. The van der Waals surface area contributed by atoms with Crippen LogP contribution in [0.25, 0.3) is 0 Å². The van der Waals surface area contributed by atoms with Gasteiger partial charge in [-0.15, -0.1) is 0 Å². The Bertz CT molecular complexity index is 290. The molecular weight excluding hydrogens is 227 g/mol. The van der Waals surface area contributed by atoms with Gasteiger partial charge < -0.3 is 10.0 Å². The van der Waals surface area contributed by atoms with Crippen molar-refractivity contribution in [1.29, 1.82) is 0 Å². The quantitative estimate of drug-likeness (QED) is 0.806. The molecule has 1 rings (SSSR count). The van der Waals surface area contributed by atoms with E-state index in [9.17, 15) is 22.8 Å². The third kappa shape index (κ3) is 3.39. The molecule has 1 heterocycles. The van der Waals surface area contributed by atoms with Gasteiger partial charge in [0, 0.05) is 19.4 Å². The molecule has 0 bridgehead atoms. The van der Waals surface area contributed by atoms with Gasteiger partial charge in [-0.2, -0.15) is 13.2 Å². The lowest BCUT2D eigenvalue weighted by Gasteiger charge is -2.21. The largest absolute Gasteiger partial charge is 0.480 e. The summed E-state index contributed by atoms with van der Waals surface area (Å²) in [7, 11) is 0. The summed E-state index contributed by atoms with van der Waals surface area (Å²) in [5.41, 5.74) is 0. The zero-order valence-corrected chi connectivity index (χ0v) is 8.46. The summed E-state index contributed by atoms with van der Waals surface area (Å²) in [5.74, 6) is -1.53. The maximum atomic E-state index is 11.9. The van der Waals surface area contributed by atoms with Gasteiger partial charge in [-0.05, 0) is 12.8 Å². The number of carbonyl (C=O) groups excluding carboxylic acids is 1. The van der Waals surface area contributed by atoms with Crippen LogP contribution in [-0.4, -0.2) is 40.6 Å². The number of carboxylic acid groups (broad SMARTS) is 1. The van der Waals surface area contributed by atoms with Gasteiger partial charge in [0.25, 0.3) is 0 Å². The molecule has 1 fully saturated rings. The van der Waals surface area contributed by atoms with Crippen LogP contribution in [0.15, 0.2) is 0 Å². The second kappa shape index (κ2) is 4.71. The molecule has 1 N–H and O–H groups in total. The first-order valence-corrected chi connectivity index (χ1v) is 4.90. The van der Waals surface area contributed by atoms with E-state index in [1.807, 2.05) is 0 Å². The first kappa shape index (κ1) is 12.8. The zero-order valence-electron chi connectivity index (χ0n) is 8.46. The van der Waals surface area contributed by atoms with Crippen LogP contribution >= 0.6 is 0 Å². The molecule has 1 atom stereocenters. The monoisotopic (exact) mass is 239 g/mol. The average Bonchev–Trinajstić information content (AvgIpc) is 2.46. The Balaban J connectivity index is 2.45. The molecule has 1 saturated heterocycles.